The Hall–Kier alpha value is -3.43. The van der Waals surface area contributed by atoms with Gasteiger partial charge in [-0.2, -0.15) is 5.10 Å². The van der Waals surface area contributed by atoms with Crippen molar-refractivity contribution in [2.24, 2.45) is 0 Å². The number of likely N-dealkylation sites (tertiary alicyclic amines) is 1. The average molecular weight is 374 g/mol. The minimum atomic E-state index is -1.02. The van der Waals surface area contributed by atoms with E-state index in [4.69, 9.17) is 9.84 Å². The summed E-state index contributed by atoms with van der Waals surface area (Å²) in [5.74, 6) is -0.955. The number of amides is 1. The van der Waals surface area contributed by atoms with Gasteiger partial charge >= 0.3 is 5.97 Å². The molecule has 0 saturated carbocycles. The summed E-state index contributed by atoms with van der Waals surface area (Å²) in [6, 6.07) is 5.73. The molecule has 0 aliphatic carbocycles. The van der Waals surface area contributed by atoms with Crippen LogP contribution in [0, 0.1) is 10.1 Å². The number of carboxylic acid groups (broad SMARTS) is 1. The second kappa shape index (κ2) is 7.85. The van der Waals surface area contributed by atoms with Gasteiger partial charge in [0.1, 0.15) is 5.75 Å². The SMILES string of the molecule is O=C(O)c1cnn(C2CCN(C(=O)COc3cccc([N+](=O)[O-])c3)CC2)c1. The smallest absolute Gasteiger partial charge is 0.338 e. The Kier molecular flexibility index (Phi) is 5.34. The summed E-state index contributed by atoms with van der Waals surface area (Å²) < 4.78 is 7.00. The van der Waals surface area contributed by atoms with E-state index in [-0.39, 0.29) is 35.6 Å². The summed E-state index contributed by atoms with van der Waals surface area (Å²) in [4.78, 5) is 35.1. The van der Waals surface area contributed by atoms with E-state index in [1.165, 1.54) is 30.6 Å². The first kappa shape index (κ1) is 18.4. The monoisotopic (exact) mass is 374 g/mol. The molecule has 1 amide bonds. The van der Waals surface area contributed by atoms with Crippen molar-refractivity contribution < 1.29 is 24.4 Å². The van der Waals surface area contributed by atoms with Gasteiger partial charge in [0.2, 0.25) is 0 Å². The fourth-order valence-electron chi connectivity index (χ4n) is 2.95. The van der Waals surface area contributed by atoms with Crippen LogP contribution >= 0.6 is 0 Å². The molecule has 1 aromatic heterocycles. The Balaban J connectivity index is 1.50. The van der Waals surface area contributed by atoms with E-state index in [0.29, 0.717) is 25.9 Å². The number of aromatic nitrogens is 2. The van der Waals surface area contributed by atoms with Gasteiger partial charge in [-0.1, -0.05) is 6.07 Å². The zero-order valence-corrected chi connectivity index (χ0v) is 14.4. The van der Waals surface area contributed by atoms with Gasteiger partial charge in [-0.3, -0.25) is 19.6 Å². The van der Waals surface area contributed by atoms with Crippen molar-refractivity contribution in [1.82, 2.24) is 14.7 Å². The van der Waals surface area contributed by atoms with Crippen molar-refractivity contribution in [3.05, 3.63) is 52.3 Å². The molecule has 1 aromatic carbocycles. The molecule has 1 N–H and O–H groups in total. The fraction of sp³-hybridized carbons (Fsp3) is 0.353. The van der Waals surface area contributed by atoms with Crippen LogP contribution in [0.1, 0.15) is 29.2 Å². The third-order valence-corrected chi connectivity index (χ3v) is 4.43. The van der Waals surface area contributed by atoms with Crippen molar-refractivity contribution in [2.45, 2.75) is 18.9 Å². The first-order valence-corrected chi connectivity index (χ1v) is 8.36. The standard InChI is InChI=1S/C17H18N4O6/c22-16(11-27-15-3-1-2-14(8-15)21(25)26)19-6-4-13(5-7-19)20-10-12(9-18-20)17(23)24/h1-3,8-10,13H,4-7,11H2,(H,23,24). The highest BCUT2D eigenvalue weighted by Crippen LogP contribution is 2.23. The molecule has 142 valence electrons. The van der Waals surface area contributed by atoms with Crippen LogP contribution in [0.3, 0.4) is 0 Å². The van der Waals surface area contributed by atoms with Crippen LogP contribution in [-0.2, 0) is 4.79 Å². The Labute approximate surface area is 154 Å². The second-order valence-electron chi connectivity index (χ2n) is 6.17. The fourth-order valence-corrected chi connectivity index (χ4v) is 2.95. The first-order chi connectivity index (χ1) is 12.9. The normalized spacial score (nSPS) is 14.7. The number of carbonyl (C=O) groups excluding carboxylic acids is 1. The number of benzene rings is 1. The quantitative estimate of drug-likeness (QED) is 0.602. The average Bonchev–Trinajstić information content (AvgIpc) is 3.17. The Morgan fingerprint density at radius 2 is 2.07 bits per heavy atom. The van der Waals surface area contributed by atoms with E-state index in [9.17, 15) is 19.7 Å². The van der Waals surface area contributed by atoms with E-state index in [2.05, 4.69) is 5.10 Å². The van der Waals surface area contributed by atoms with Gasteiger partial charge in [-0.25, -0.2) is 4.79 Å². The lowest BCUT2D eigenvalue weighted by Gasteiger charge is -2.32. The van der Waals surface area contributed by atoms with E-state index < -0.39 is 10.9 Å². The first-order valence-electron chi connectivity index (χ1n) is 8.36. The summed E-state index contributed by atoms with van der Waals surface area (Å²) in [5, 5.41) is 23.8. The number of nitro groups is 1. The lowest BCUT2D eigenvalue weighted by molar-refractivity contribution is -0.384. The Morgan fingerprint density at radius 3 is 2.70 bits per heavy atom. The molecule has 0 bridgehead atoms. The maximum atomic E-state index is 12.3. The molecule has 27 heavy (non-hydrogen) atoms. The van der Waals surface area contributed by atoms with Crippen molar-refractivity contribution in [2.75, 3.05) is 19.7 Å². The van der Waals surface area contributed by atoms with Crippen molar-refractivity contribution in [3.63, 3.8) is 0 Å². The molecule has 1 aliphatic rings. The third-order valence-electron chi connectivity index (χ3n) is 4.43. The van der Waals surface area contributed by atoms with Gasteiger partial charge in [0.25, 0.3) is 11.6 Å². The number of hydrogen-bond donors (Lipinski definition) is 1. The Bertz CT molecular complexity index is 857. The summed E-state index contributed by atoms with van der Waals surface area (Å²) in [6.07, 6.45) is 4.12. The number of carboxylic acids is 1. The van der Waals surface area contributed by atoms with Crippen molar-refractivity contribution in [1.29, 1.82) is 0 Å². The molecule has 2 aromatic rings. The summed E-state index contributed by atoms with van der Waals surface area (Å²) in [7, 11) is 0. The van der Waals surface area contributed by atoms with E-state index in [0.717, 1.165) is 0 Å². The van der Waals surface area contributed by atoms with Crippen LogP contribution in [0.15, 0.2) is 36.7 Å². The van der Waals surface area contributed by atoms with Gasteiger partial charge in [-0.15, -0.1) is 0 Å². The molecule has 0 radical (unpaired) electrons. The number of nitrogens with zero attached hydrogens (tertiary/aromatic N) is 4. The zero-order valence-electron chi connectivity index (χ0n) is 14.4. The van der Waals surface area contributed by atoms with Crippen LogP contribution in [0.25, 0.3) is 0 Å². The maximum Gasteiger partial charge on any atom is 0.338 e. The van der Waals surface area contributed by atoms with Crippen LogP contribution in [0.2, 0.25) is 0 Å². The lowest BCUT2D eigenvalue weighted by atomic mass is 10.1. The number of rotatable bonds is 6. The van der Waals surface area contributed by atoms with Crippen LogP contribution in [0.4, 0.5) is 5.69 Å². The molecular formula is C17H18N4O6. The highest BCUT2D eigenvalue weighted by molar-refractivity contribution is 5.86. The van der Waals surface area contributed by atoms with Crippen LogP contribution < -0.4 is 4.74 Å². The number of nitro benzene ring substituents is 1. The number of ether oxygens (including phenoxy) is 1. The third kappa shape index (κ3) is 4.40. The largest absolute Gasteiger partial charge is 0.484 e. The van der Waals surface area contributed by atoms with Crippen molar-refractivity contribution >= 4 is 17.6 Å². The highest BCUT2D eigenvalue weighted by atomic mass is 16.6. The number of hydrogen-bond acceptors (Lipinski definition) is 6. The molecule has 3 rings (SSSR count). The predicted molar refractivity (Wildman–Crippen MR) is 92.6 cm³/mol. The minimum absolute atomic E-state index is 0.0415. The summed E-state index contributed by atoms with van der Waals surface area (Å²) in [6.45, 7) is 0.810. The van der Waals surface area contributed by atoms with Gasteiger partial charge in [-0.05, 0) is 18.9 Å². The van der Waals surface area contributed by atoms with E-state index in [1.54, 1.807) is 15.6 Å². The number of piperidine rings is 1. The molecule has 2 heterocycles. The number of non-ortho nitro benzene ring substituents is 1. The molecule has 0 atom stereocenters. The molecule has 1 saturated heterocycles. The van der Waals surface area contributed by atoms with Crippen LogP contribution in [0.5, 0.6) is 5.75 Å². The molecule has 0 spiro atoms. The molecular weight excluding hydrogens is 356 g/mol. The van der Waals surface area contributed by atoms with Gasteiger partial charge in [0, 0.05) is 25.4 Å². The zero-order chi connectivity index (χ0) is 19.4. The minimum Gasteiger partial charge on any atom is -0.484 e. The molecule has 0 unspecified atom stereocenters. The van der Waals surface area contributed by atoms with E-state index >= 15 is 0 Å². The van der Waals surface area contributed by atoms with Crippen LogP contribution in [-0.4, -0.2) is 56.3 Å². The molecule has 10 nitrogen and oxygen atoms in total. The van der Waals surface area contributed by atoms with Crippen molar-refractivity contribution in [3.8, 4) is 5.75 Å². The van der Waals surface area contributed by atoms with Gasteiger partial charge < -0.3 is 14.7 Å². The topological polar surface area (TPSA) is 128 Å². The summed E-state index contributed by atoms with van der Waals surface area (Å²) >= 11 is 0. The van der Waals surface area contributed by atoms with Gasteiger partial charge in [0.05, 0.1) is 28.8 Å². The highest BCUT2D eigenvalue weighted by Gasteiger charge is 2.25. The molecule has 1 aliphatic heterocycles. The predicted octanol–water partition coefficient (Wildman–Crippen LogP) is 1.73. The number of carbonyl (C=O) groups is 2. The summed E-state index contributed by atoms with van der Waals surface area (Å²) in [5.41, 5.74) is 0.0413. The Morgan fingerprint density at radius 1 is 1.33 bits per heavy atom. The second-order valence-corrected chi connectivity index (χ2v) is 6.17. The molecule has 10 heteroatoms. The lowest BCUT2D eigenvalue weighted by Crippen LogP contribution is -2.41. The van der Waals surface area contributed by atoms with Gasteiger partial charge in [0.15, 0.2) is 6.61 Å². The molecule has 1 fully saturated rings. The number of aromatic carboxylic acids is 1. The van der Waals surface area contributed by atoms with E-state index in [1.807, 2.05) is 0 Å². The maximum absolute atomic E-state index is 12.3.